The fourth-order valence-electron chi connectivity index (χ4n) is 0.966. The van der Waals surface area contributed by atoms with E-state index >= 15 is 0 Å². The van der Waals surface area contributed by atoms with Crippen LogP contribution in [0.4, 0.5) is 0 Å². The average molecular weight is 178 g/mol. The van der Waals surface area contributed by atoms with Crippen LogP contribution in [0.3, 0.4) is 0 Å². The van der Waals surface area contributed by atoms with Crippen molar-refractivity contribution in [2.24, 2.45) is 0 Å². The van der Waals surface area contributed by atoms with Crippen LogP contribution < -0.4 is 0 Å². The Morgan fingerprint density at radius 2 is 1.60 bits per heavy atom. The van der Waals surface area contributed by atoms with Crippen LogP contribution in [0.5, 0.6) is 0 Å². The smallest absolute Gasteiger partial charge is 0.00310 e. The molecule has 0 saturated heterocycles. The SMILES string of the molecule is CCCCCCCCSP. The Labute approximate surface area is 71.5 Å². The predicted octanol–water partition coefficient (Wildman–Crippen LogP) is 3.87. The lowest BCUT2D eigenvalue weighted by Gasteiger charge is -1.97. The molecule has 1 unspecified atom stereocenters. The van der Waals surface area contributed by atoms with E-state index < -0.39 is 0 Å². The molecule has 0 amide bonds. The number of hydrogen-bond acceptors (Lipinski definition) is 1. The maximum Gasteiger partial charge on any atom is -0.00310 e. The molecule has 0 radical (unpaired) electrons. The van der Waals surface area contributed by atoms with Crippen molar-refractivity contribution in [3.8, 4) is 0 Å². The molecule has 0 aromatic heterocycles. The fraction of sp³-hybridized carbons (Fsp3) is 1.00. The van der Waals surface area contributed by atoms with E-state index in [1.54, 1.807) is 0 Å². The molecule has 0 aliphatic carbocycles. The zero-order chi connectivity index (χ0) is 7.66. The minimum absolute atomic E-state index is 1.32. The maximum absolute atomic E-state index is 2.70. The van der Waals surface area contributed by atoms with Crippen molar-refractivity contribution in [2.75, 3.05) is 5.75 Å². The van der Waals surface area contributed by atoms with Gasteiger partial charge in [0, 0.05) is 0 Å². The molecule has 0 rings (SSSR count). The Bertz CT molecular complexity index is 49.2. The largest absolute Gasteiger partial charge is 0.141 e. The molecule has 0 aromatic rings. The van der Waals surface area contributed by atoms with Crippen molar-refractivity contribution >= 4 is 19.8 Å². The van der Waals surface area contributed by atoms with Crippen molar-refractivity contribution in [1.29, 1.82) is 0 Å². The first-order valence-corrected chi connectivity index (χ1v) is 6.69. The fourth-order valence-corrected chi connectivity index (χ4v) is 1.84. The van der Waals surface area contributed by atoms with Gasteiger partial charge in [-0.2, -0.15) is 0 Å². The van der Waals surface area contributed by atoms with Gasteiger partial charge in [0.15, 0.2) is 0 Å². The summed E-state index contributed by atoms with van der Waals surface area (Å²) in [6, 6.07) is 0. The summed E-state index contributed by atoms with van der Waals surface area (Å²) in [5, 5.41) is 0. The van der Waals surface area contributed by atoms with Crippen LogP contribution >= 0.6 is 19.8 Å². The van der Waals surface area contributed by atoms with Gasteiger partial charge in [-0.05, 0) is 12.2 Å². The van der Waals surface area contributed by atoms with Crippen LogP contribution in [0.2, 0.25) is 0 Å². The normalized spacial score (nSPS) is 10.2. The topological polar surface area (TPSA) is 0 Å². The second-order valence-corrected chi connectivity index (χ2v) is 4.38. The molecule has 62 valence electrons. The molecule has 0 spiro atoms. The summed E-state index contributed by atoms with van der Waals surface area (Å²) in [6.07, 6.45) is 8.50. The summed E-state index contributed by atoms with van der Waals surface area (Å²) < 4.78 is 0. The highest BCUT2D eigenvalue weighted by molar-refractivity contribution is 8.43. The van der Waals surface area contributed by atoms with Crippen LogP contribution in [-0.4, -0.2) is 5.75 Å². The quantitative estimate of drug-likeness (QED) is 0.421. The molecule has 10 heavy (non-hydrogen) atoms. The van der Waals surface area contributed by atoms with Gasteiger partial charge < -0.3 is 0 Å². The molecular weight excluding hydrogens is 159 g/mol. The van der Waals surface area contributed by atoms with Gasteiger partial charge in [0.25, 0.3) is 0 Å². The Morgan fingerprint density at radius 1 is 1.00 bits per heavy atom. The van der Waals surface area contributed by atoms with E-state index in [4.69, 9.17) is 0 Å². The summed E-state index contributed by atoms with van der Waals surface area (Å²) in [4.78, 5) is 0. The number of rotatable bonds is 7. The standard InChI is InChI=1S/C8H19PS/c1-2-3-4-5-6-7-8-10-9/h2-9H2,1H3. The molecule has 0 N–H and O–H groups in total. The van der Waals surface area contributed by atoms with E-state index in [1.165, 1.54) is 44.3 Å². The second kappa shape index (κ2) is 9.78. The average Bonchev–Trinajstić information content (AvgIpc) is 1.97. The van der Waals surface area contributed by atoms with Gasteiger partial charge in [0.1, 0.15) is 0 Å². The first-order valence-electron chi connectivity index (χ1n) is 4.23. The Hall–Kier alpha value is 0.780. The van der Waals surface area contributed by atoms with Crippen LogP contribution in [-0.2, 0) is 0 Å². The van der Waals surface area contributed by atoms with E-state index in [1.807, 2.05) is 11.4 Å². The number of unbranched alkanes of at least 4 members (excludes halogenated alkanes) is 5. The second-order valence-electron chi connectivity index (χ2n) is 2.64. The van der Waals surface area contributed by atoms with Crippen molar-refractivity contribution < 1.29 is 0 Å². The molecule has 1 atom stereocenters. The third-order valence-electron chi connectivity index (χ3n) is 1.62. The van der Waals surface area contributed by atoms with E-state index in [2.05, 4.69) is 15.4 Å². The van der Waals surface area contributed by atoms with Crippen LogP contribution in [0.15, 0.2) is 0 Å². The predicted molar refractivity (Wildman–Crippen MR) is 55.5 cm³/mol. The number of hydrogen-bond donors (Lipinski definition) is 0. The summed E-state index contributed by atoms with van der Waals surface area (Å²) in [6.45, 7) is 2.26. The zero-order valence-corrected chi connectivity index (χ0v) is 8.91. The highest BCUT2D eigenvalue weighted by atomic mass is 32.7. The highest BCUT2D eigenvalue weighted by Gasteiger charge is 1.87. The molecule has 0 aliphatic rings. The van der Waals surface area contributed by atoms with E-state index in [0.29, 0.717) is 0 Å². The van der Waals surface area contributed by atoms with Crippen molar-refractivity contribution in [1.82, 2.24) is 0 Å². The molecule has 0 fully saturated rings. The zero-order valence-electron chi connectivity index (χ0n) is 6.94. The van der Waals surface area contributed by atoms with E-state index in [-0.39, 0.29) is 0 Å². The van der Waals surface area contributed by atoms with Crippen LogP contribution in [0, 0.1) is 0 Å². The minimum Gasteiger partial charge on any atom is -0.141 e. The lowest BCUT2D eigenvalue weighted by molar-refractivity contribution is 0.627. The van der Waals surface area contributed by atoms with Crippen LogP contribution in [0.25, 0.3) is 0 Å². The van der Waals surface area contributed by atoms with Gasteiger partial charge in [-0.25, -0.2) is 0 Å². The molecule has 0 nitrogen and oxygen atoms in total. The van der Waals surface area contributed by atoms with Gasteiger partial charge in [-0.3, -0.25) is 0 Å². The monoisotopic (exact) mass is 178 g/mol. The summed E-state index contributed by atoms with van der Waals surface area (Å²) in [7, 11) is 2.70. The van der Waals surface area contributed by atoms with Crippen LogP contribution in [0.1, 0.15) is 45.4 Å². The molecule has 2 heteroatoms. The lowest BCUT2D eigenvalue weighted by atomic mass is 10.1. The Balaban J connectivity index is 2.65. The molecule has 0 aromatic carbocycles. The van der Waals surface area contributed by atoms with E-state index in [9.17, 15) is 0 Å². The summed E-state index contributed by atoms with van der Waals surface area (Å²) in [5.74, 6) is 1.32. The first-order chi connectivity index (χ1) is 4.91. The molecule has 0 heterocycles. The van der Waals surface area contributed by atoms with Gasteiger partial charge in [0.05, 0.1) is 0 Å². The summed E-state index contributed by atoms with van der Waals surface area (Å²) >= 11 is 1.88. The van der Waals surface area contributed by atoms with Crippen molar-refractivity contribution in [3.05, 3.63) is 0 Å². The van der Waals surface area contributed by atoms with Gasteiger partial charge in [-0.15, -0.1) is 11.4 Å². The van der Waals surface area contributed by atoms with Gasteiger partial charge in [0.2, 0.25) is 0 Å². The molecule has 0 aliphatic heterocycles. The minimum atomic E-state index is 1.32. The molecule has 0 saturated carbocycles. The Kier molecular flexibility index (Phi) is 10.5. The summed E-state index contributed by atoms with van der Waals surface area (Å²) in [5.41, 5.74) is 0. The third kappa shape index (κ3) is 8.78. The molecular formula is C8H19PS. The Morgan fingerprint density at radius 3 is 2.20 bits per heavy atom. The third-order valence-corrected chi connectivity index (χ3v) is 2.85. The van der Waals surface area contributed by atoms with Gasteiger partial charge in [-0.1, -0.05) is 47.5 Å². The highest BCUT2D eigenvalue weighted by Crippen LogP contribution is 2.14. The molecule has 0 bridgehead atoms. The van der Waals surface area contributed by atoms with E-state index in [0.717, 1.165) is 0 Å². The maximum atomic E-state index is 2.70. The van der Waals surface area contributed by atoms with Crippen molar-refractivity contribution in [2.45, 2.75) is 45.4 Å². The van der Waals surface area contributed by atoms with Crippen molar-refractivity contribution in [3.63, 3.8) is 0 Å². The van der Waals surface area contributed by atoms with Gasteiger partial charge >= 0.3 is 0 Å². The lowest BCUT2D eigenvalue weighted by Crippen LogP contribution is -1.79. The first kappa shape index (κ1) is 10.8.